The second-order valence-electron chi connectivity index (χ2n) is 5.11. The van der Waals surface area contributed by atoms with Crippen LogP contribution in [0.25, 0.3) is 0 Å². The van der Waals surface area contributed by atoms with Crippen LogP contribution in [-0.2, 0) is 9.84 Å². The minimum atomic E-state index is -3.47. The maximum atomic E-state index is 11.5. The fraction of sp³-hybridized carbons (Fsp3) is 0.500. The van der Waals surface area contributed by atoms with Crippen LogP contribution in [0, 0.1) is 10.1 Å². The Balaban J connectivity index is 2.25. The van der Waals surface area contributed by atoms with Gasteiger partial charge in [-0.2, -0.15) is 0 Å². The highest BCUT2D eigenvalue weighted by molar-refractivity contribution is 7.90. The molecule has 0 atom stereocenters. The average Bonchev–Trinajstić information content (AvgIpc) is 2.40. The van der Waals surface area contributed by atoms with Gasteiger partial charge in [0.2, 0.25) is 0 Å². The maximum absolute atomic E-state index is 11.5. The number of nitrogens with one attached hydrogen (secondary N) is 1. The number of anilines is 1. The van der Waals surface area contributed by atoms with Gasteiger partial charge in [0.05, 0.1) is 9.82 Å². The summed E-state index contributed by atoms with van der Waals surface area (Å²) in [4.78, 5) is 12.7. The first kappa shape index (κ1) is 15.7. The highest BCUT2D eigenvalue weighted by Gasteiger charge is 2.21. The molecule has 0 radical (unpaired) electrons. The highest BCUT2D eigenvalue weighted by Crippen LogP contribution is 2.28. The molecule has 8 nitrogen and oxygen atoms in total. The van der Waals surface area contributed by atoms with E-state index >= 15 is 0 Å². The number of likely N-dealkylation sites (N-methyl/N-ethyl adjacent to an activating group) is 1. The van der Waals surface area contributed by atoms with E-state index in [9.17, 15) is 18.5 Å². The molecule has 0 spiro atoms. The summed E-state index contributed by atoms with van der Waals surface area (Å²) in [5.74, 6) is 0. The second-order valence-corrected chi connectivity index (χ2v) is 7.13. The molecule has 21 heavy (non-hydrogen) atoms. The van der Waals surface area contributed by atoms with E-state index in [2.05, 4.69) is 10.3 Å². The molecular formula is C12H18N4O4S. The van der Waals surface area contributed by atoms with Crippen LogP contribution >= 0.6 is 0 Å². The lowest BCUT2D eigenvalue weighted by Crippen LogP contribution is -2.47. The van der Waals surface area contributed by atoms with E-state index in [4.69, 9.17) is 0 Å². The van der Waals surface area contributed by atoms with E-state index in [0.717, 1.165) is 38.5 Å². The fourth-order valence-electron chi connectivity index (χ4n) is 2.08. The summed E-state index contributed by atoms with van der Waals surface area (Å²) in [5, 5.41) is 13.0. The first-order valence-electron chi connectivity index (χ1n) is 6.46. The van der Waals surface area contributed by atoms with E-state index in [0.29, 0.717) is 5.69 Å². The Morgan fingerprint density at radius 2 is 1.86 bits per heavy atom. The van der Waals surface area contributed by atoms with Gasteiger partial charge in [-0.05, 0) is 19.2 Å². The van der Waals surface area contributed by atoms with Crippen LogP contribution in [0.3, 0.4) is 0 Å². The van der Waals surface area contributed by atoms with Crippen molar-refractivity contribution in [2.75, 3.05) is 44.9 Å². The molecule has 0 saturated carbocycles. The highest BCUT2D eigenvalue weighted by atomic mass is 32.2. The fourth-order valence-corrected chi connectivity index (χ4v) is 2.72. The molecule has 2 rings (SSSR count). The van der Waals surface area contributed by atoms with E-state index in [1.54, 1.807) is 0 Å². The molecule has 1 N–H and O–H groups in total. The molecule has 1 aromatic carbocycles. The zero-order chi connectivity index (χ0) is 15.6. The van der Waals surface area contributed by atoms with Gasteiger partial charge in [0.15, 0.2) is 9.84 Å². The molecule has 0 aromatic heterocycles. The lowest BCUT2D eigenvalue weighted by atomic mass is 10.2. The van der Waals surface area contributed by atoms with E-state index < -0.39 is 14.8 Å². The molecule has 116 valence electrons. The summed E-state index contributed by atoms with van der Waals surface area (Å²) in [6, 6.07) is 3.90. The Hall–Kier alpha value is -1.71. The van der Waals surface area contributed by atoms with Gasteiger partial charge in [-0.15, -0.1) is 0 Å². The predicted octanol–water partition coefficient (Wildman–Crippen LogP) is 0.573. The Morgan fingerprint density at radius 3 is 2.38 bits per heavy atom. The van der Waals surface area contributed by atoms with Gasteiger partial charge < -0.3 is 10.3 Å². The smallest absolute Gasteiger partial charge is 0.294 e. The van der Waals surface area contributed by atoms with Crippen molar-refractivity contribution < 1.29 is 13.3 Å². The molecule has 1 saturated heterocycles. The van der Waals surface area contributed by atoms with E-state index in [1.165, 1.54) is 12.1 Å². The SMILES string of the molecule is CN1CCN(Nc2ccc(S(C)(=O)=O)cc2[N+](=O)[O-])CC1. The number of sulfone groups is 1. The largest absolute Gasteiger partial charge is 0.313 e. The van der Waals surface area contributed by atoms with Gasteiger partial charge in [-0.3, -0.25) is 10.1 Å². The summed E-state index contributed by atoms with van der Waals surface area (Å²) in [6.07, 6.45) is 1.03. The van der Waals surface area contributed by atoms with Crippen LogP contribution in [-0.4, -0.2) is 62.7 Å². The van der Waals surface area contributed by atoms with Crippen molar-refractivity contribution >= 4 is 21.2 Å². The maximum Gasteiger partial charge on any atom is 0.294 e. The molecule has 0 bridgehead atoms. The number of nitrogens with zero attached hydrogens (tertiary/aromatic N) is 3. The van der Waals surface area contributed by atoms with Crippen molar-refractivity contribution in [3.63, 3.8) is 0 Å². The van der Waals surface area contributed by atoms with Gasteiger partial charge in [-0.1, -0.05) is 0 Å². The number of nitro groups is 1. The van der Waals surface area contributed by atoms with Crippen LogP contribution in [0.5, 0.6) is 0 Å². The first-order valence-corrected chi connectivity index (χ1v) is 8.35. The quantitative estimate of drug-likeness (QED) is 0.641. The van der Waals surface area contributed by atoms with Gasteiger partial charge >= 0.3 is 0 Å². The third-order valence-electron chi connectivity index (χ3n) is 3.38. The molecule has 1 aliphatic heterocycles. The first-order chi connectivity index (χ1) is 9.77. The minimum Gasteiger partial charge on any atom is -0.313 e. The van der Waals surface area contributed by atoms with Crippen LogP contribution < -0.4 is 5.43 Å². The van der Waals surface area contributed by atoms with Crippen LogP contribution in [0.2, 0.25) is 0 Å². The summed E-state index contributed by atoms with van der Waals surface area (Å²) >= 11 is 0. The summed E-state index contributed by atoms with van der Waals surface area (Å²) in [5.41, 5.74) is 3.06. The predicted molar refractivity (Wildman–Crippen MR) is 78.9 cm³/mol. The van der Waals surface area contributed by atoms with Gasteiger partial charge in [0.25, 0.3) is 5.69 Å². The number of nitro benzene ring substituents is 1. The molecule has 0 aliphatic carbocycles. The monoisotopic (exact) mass is 314 g/mol. The molecule has 1 aromatic rings. The van der Waals surface area contributed by atoms with Crippen molar-refractivity contribution in [1.82, 2.24) is 9.91 Å². The van der Waals surface area contributed by atoms with E-state index in [1.807, 2.05) is 12.1 Å². The number of hydrazine groups is 1. The molecule has 1 heterocycles. The van der Waals surface area contributed by atoms with Crippen molar-refractivity contribution in [3.8, 4) is 0 Å². The van der Waals surface area contributed by atoms with Crippen molar-refractivity contribution in [2.45, 2.75) is 4.90 Å². The summed E-state index contributed by atoms with van der Waals surface area (Å²) in [7, 11) is -1.45. The standard InChI is InChI=1S/C12H18N4O4S/c1-14-5-7-15(8-6-14)13-11-4-3-10(21(2,19)20)9-12(11)16(17)18/h3-4,9,13H,5-8H2,1-2H3. The average molecular weight is 314 g/mol. The third-order valence-corrected chi connectivity index (χ3v) is 4.49. The van der Waals surface area contributed by atoms with Gasteiger partial charge in [-0.25, -0.2) is 13.4 Å². The molecule has 0 amide bonds. The molecule has 0 unspecified atom stereocenters. The van der Waals surface area contributed by atoms with Gasteiger partial charge in [0.1, 0.15) is 5.69 Å². The lowest BCUT2D eigenvalue weighted by Gasteiger charge is -2.32. The minimum absolute atomic E-state index is 0.0573. The number of rotatable bonds is 4. The second kappa shape index (κ2) is 5.96. The summed E-state index contributed by atoms with van der Waals surface area (Å²) in [6.45, 7) is 3.20. The normalized spacial score (nSPS) is 17.6. The van der Waals surface area contributed by atoms with Crippen molar-refractivity contribution in [1.29, 1.82) is 0 Å². The third kappa shape index (κ3) is 3.90. The Bertz CT molecular complexity index is 639. The zero-order valence-corrected chi connectivity index (χ0v) is 12.8. The van der Waals surface area contributed by atoms with E-state index in [-0.39, 0.29) is 10.6 Å². The Labute approximate surface area is 123 Å². The van der Waals surface area contributed by atoms with Crippen molar-refractivity contribution in [3.05, 3.63) is 28.3 Å². The Kier molecular flexibility index (Phi) is 4.45. The zero-order valence-electron chi connectivity index (χ0n) is 11.9. The number of hydrogen-bond acceptors (Lipinski definition) is 7. The van der Waals surface area contributed by atoms with Crippen LogP contribution in [0.4, 0.5) is 11.4 Å². The Morgan fingerprint density at radius 1 is 1.24 bits per heavy atom. The van der Waals surface area contributed by atoms with Gasteiger partial charge in [0, 0.05) is 38.5 Å². The molecule has 1 fully saturated rings. The topological polar surface area (TPSA) is 95.8 Å². The number of hydrogen-bond donors (Lipinski definition) is 1. The van der Waals surface area contributed by atoms with Crippen LogP contribution in [0.1, 0.15) is 0 Å². The van der Waals surface area contributed by atoms with Crippen LogP contribution in [0.15, 0.2) is 23.1 Å². The number of benzene rings is 1. The van der Waals surface area contributed by atoms with Crippen molar-refractivity contribution in [2.24, 2.45) is 0 Å². The summed E-state index contributed by atoms with van der Waals surface area (Å²) < 4.78 is 23.0. The molecule has 1 aliphatic rings. The molecule has 9 heteroatoms. The number of piperazine rings is 1. The lowest BCUT2D eigenvalue weighted by molar-refractivity contribution is -0.384. The molecular weight excluding hydrogens is 296 g/mol.